The molecule has 20 heavy (non-hydrogen) atoms. The number of aromatic amines is 1. The van der Waals surface area contributed by atoms with Gasteiger partial charge in [-0.25, -0.2) is 4.98 Å². The number of benzene rings is 1. The molecule has 0 fully saturated rings. The molecule has 0 radical (unpaired) electrons. The van der Waals surface area contributed by atoms with E-state index in [0.717, 1.165) is 17.9 Å². The third-order valence-electron chi connectivity index (χ3n) is 2.86. The van der Waals surface area contributed by atoms with Crippen molar-refractivity contribution < 1.29 is 4.79 Å². The van der Waals surface area contributed by atoms with E-state index in [1.54, 1.807) is 4.90 Å². The molecule has 0 saturated heterocycles. The molecule has 1 aromatic heterocycles. The van der Waals surface area contributed by atoms with Crippen LogP contribution in [-0.2, 0) is 11.2 Å². The Labute approximate surface area is 122 Å². The van der Waals surface area contributed by atoms with Crippen molar-refractivity contribution in [2.24, 2.45) is 0 Å². The fourth-order valence-electron chi connectivity index (χ4n) is 1.82. The van der Waals surface area contributed by atoms with Gasteiger partial charge in [0.05, 0.1) is 5.75 Å². The Morgan fingerprint density at radius 2 is 2.05 bits per heavy atom. The lowest BCUT2D eigenvalue weighted by molar-refractivity contribution is -0.116. The number of thioether (sulfide) groups is 1. The second-order valence-corrected chi connectivity index (χ2v) is 5.12. The Bertz CT molecular complexity index is 555. The molecular weight excluding hydrogens is 272 g/mol. The number of nitrogens with zero attached hydrogens (tertiary/aromatic N) is 3. The molecule has 1 aromatic carbocycles. The van der Waals surface area contributed by atoms with Gasteiger partial charge in [-0.15, -0.1) is 5.10 Å². The molecule has 5 nitrogen and oxygen atoms in total. The normalized spacial score (nSPS) is 10.5. The minimum Gasteiger partial charge on any atom is -0.312 e. The van der Waals surface area contributed by atoms with Gasteiger partial charge < -0.3 is 4.90 Å². The summed E-state index contributed by atoms with van der Waals surface area (Å²) in [6.45, 7) is 4.63. The summed E-state index contributed by atoms with van der Waals surface area (Å²) in [5.74, 6) is 1.24. The lowest BCUT2D eigenvalue weighted by Crippen LogP contribution is -2.32. The van der Waals surface area contributed by atoms with Gasteiger partial charge in [-0.2, -0.15) is 0 Å². The van der Waals surface area contributed by atoms with E-state index in [1.165, 1.54) is 11.8 Å². The summed E-state index contributed by atoms with van der Waals surface area (Å²) in [5.41, 5.74) is 0.921. The highest BCUT2D eigenvalue weighted by Crippen LogP contribution is 2.17. The molecule has 0 atom stereocenters. The number of para-hydroxylation sites is 1. The fourth-order valence-corrected chi connectivity index (χ4v) is 2.51. The summed E-state index contributed by atoms with van der Waals surface area (Å²) in [7, 11) is 0. The Morgan fingerprint density at radius 3 is 2.65 bits per heavy atom. The number of hydrogen-bond donors (Lipinski definition) is 1. The van der Waals surface area contributed by atoms with Crippen LogP contribution in [0, 0.1) is 0 Å². The molecule has 1 heterocycles. The third-order valence-corrected chi connectivity index (χ3v) is 3.69. The van der Waals surface area contributed by atoms with Crippen LogP contribution >= 0.6 is 11.8 Å². The van der Waals surface area contributed by atoms with Crippen molar-refractivity contribution in [2.75, 3.05) is 17.2 Å². The van der Waals surface area contributed by atoms with Gasteiger partial charge in [-0.1, -0.05) is 36.9 Å². The zero-order valence-corrected chi connectivity index (χ0v) is 12.5. The molecule has 6 heteroatoms. The van der Waals surface area contributed by atoms with Crippen LogP contribution in [0.1, 0.15) is 19.7 Å². The van der Waals surface area contributed by atoms with Crippen LogP contribution in [-0.4, -0.2) is 33.4 Å². The number of H-pyrrole nitrogens is 1. The summed E-state index contributed by atoms with van der Waals surface area (Å²) in [6.07, 6.45) is 0.812. The average molecular weight is 290 g/mol. The standard InChI is InChI=1S/C14H18N4OS/c1-3-12-15-14(17-16-12)20-10-13(19)18(4-2)11-8-6-5-7-9-11/h5-9H,3-4,10H2,1-2H3,(H,15,16,17). The van der Waals surface area contributed by atoms with Gasteiger partial charge in [0.15, 0.2) is 0 Å². The van der Waals surface area contributed by atoms with Gasteiger partial charge in [-0.05, 0) is 19.1 Å². The van der Waals surface area contributed by atoms with Crippen LogP contribution in [0.2, 0.25) is 0 Å². The highest BCUT2D eigenvalue weighted by molar-refractivity contribution is 7.99. The molecule has 0 saturated carbocycles. The van der Waals surface area contributed by atoms with Crippen molar-refractivity contribution in [1.29, 1.82) is 0 Å². The van der Waals surface area contributed by atoms with Gasteiger partial charge in [0, 0.05) is 18.7 Å². The van der Waals surface area contributed by atoms with Crippen molar-refractivity contribution in [3.63, 3.8) is 0 Å². The van der Waals surface area contributed by atoms with E-state index in [2.05, 4.69) is 15.2 Å². The molecule has 0 aliphatic rings. The average Bonchev–Trinajstić information content (AvgIpc) is 2.95. The first kappa shape index (κ1) is 14.6. The number of hydrogen-bond acceptors (Lipinski definition) is 4. The number of amides is 1. The molecule has 1 N–H and O–H groups in total. The maximum absolute atomic E-state index is 12.3. The van der Waals surface area contributed by atoms with Gasteiger partial charge in [0.25, 0.3) is 0 Å². The summed E-state index contributed by atoms with van der Waals surface area (Å²) in [4.78, 5) is 18.3. The van der Waals surface area contributed by atoms with E-state index in [4.69, 9.17) is 0 Å². The summed E-state index contributed by atoms with van der Waals surface area (Å²) >= 11 is 1.36. The molecule has 0 aliphatic carbocycles. The van der Waals surface area contributed by atoms with Crippen molar-refractivity contribution in [3.8, 4) is 0 Å². The first-order chi connectivity index (χ1) is 9.74. The van der Waals surface area contributed by atoms with E-state index in [0.29, 0.717) is 17.5 Å². The Kier molecular flexibility index (Phi) is 5.17. The molecule has 0 spiro atoms. The molecular formula is C14H18N4OS. The molecule has 0 bridgehead atoms. The summed E-state index contributed by atoms with van der Waals surface area (Å²) < 4.78 is 0. The molecule has 2 rings (SSSR count). The molecule has 2 aromatic rings. The number of aromatic nitrogens is 3. The largest absolute Gasteiger partial charge is 0.312 e. The Balaban J connectivity index is 1.96. The molecule has 0 aliphatic heterocycles. The maximum atomic E-state index is 12.3. The minimum absolute atomic E-state index is 0.0616. The molecule has 0 unspecified atom stereocenters. The fraction of sp³-hybridized carbons (Fsp3) is 0.357. The van der Waals surface area contributed by atoms with Crippen LogP contribution in [0.4, 0.5) is 5.69 Å². The predicted octanol–water partition coefficient (Wildman–Crippen LogP) is 2.51. The number of carbonyl (C=O) groups excluding carboxylic acids is 1. The van der Waals surface area contributed by atoms with Gasteiger partial charge >= 0.3 is 0 Å². The number of rotatable bonds is 6. The monoisotopic (exact) mass is 290 g/mol. The van der Waals surface area contributed by atoms with Crippen molar-refractivity contribution in [1.82, 2.24) is 15.2 Å². The second kappa shape index (κ2) is 7.09. The quantitative estimate of drug-likeness (QED) is 0.830. The van der Waals surface area contributed by atoms with Crippen molar-refractivity contribution in [2.45, 2.75) is 25.4 Å². The number of nitrogens with one attached hydrogen (secondary N) is 1. The summed E-state index contributed by atoms with van der Waals surface area (Å²) in [5, 5.41) is 7.54. The van der Waals surface area contributed by atoms with E-state index in [1.807, 2.05) is 44.2 Å². The highest BCUT2D eigenvalue weighted by Gasteiger charge is 2.15. The van der Waals surface area contributed by atoms with Crippen LogP contribution in [0.3, 0.4) is 0 Å². The van der Waals surface area contributed by atoms with Gasteiger partial charge in [0.1, 0.15) is 5.82 Å². The number of aryl methyl sites for hydroxylation is 1. The number of anilines is 1. The zero-order valence-electron chi connectivity index (χ0n) is 11.7. The molecule has 106 valence electrons. The maximum Gasteiger partial charge on any atom is 0.237 e. The Hall–Kier alpha value is -1.82. The lowest BCUT2D eigenvalue weighted by atomic mass is 10.3. The smallest absolute Gasteiger partial charge is 0.237 e. The van der Waals surface area contributed by atoms with Crippen LogP contribution in [0.15, 0.2) is 35.5 Å². The van der Waals surface area contributed by atoms with E-state index in [-0.39, 0.29) is 5.91 Å². The first-order valence-electron chi connectivity index (χ1n) is 6.64. The second-order valence-electron chi connectivity index (χ2n) is 4.18. The summed E-state index contributed by atoms with van der Waals surface area (Å²) in [6, 6.07) is 9.68. The minimum atomic E-state index is 0.0616. The van der Waals surface area contributed by atoms with Crippen molar-refractivity contribution >= 4 is 23.4 Å². The zero-order chi connectivity index (χ0) is 14.4. The molecule has 1 amide bonds. The number of carbonyl (C=O) groups is 1. The highest BCUT2D eigenvalue weighted by atomic mass is 32.2. The SMILES string of the molecule is CCc1nc(SCC(=O)N(CC)c2ccccc2)n[nH]1. The van der Waals surface area contributed by atoms with Crippen LogP contribution in [0.25, 0.3) is 0 Å². The van der Waals surface area contributed by atoms with Gasteiger partial charge in [0.2, 0.25) is 11.1 Å². The van der Waals surface area contributed by atoms with Gasteiger partial charge in [-0.3, -0.25) is 9.89 Å². The van der Waals surface area contributed by atoms with Crippen molar-refractivity contribution in [3.05, 3.63) is 36.2 Å². The first-order valence-corrected chi connectivity index (χ1v) is 7.62. The van der Waals surface area contributed by atoms with E-state index >= 15 is 0 Å². The predicted molar refractivity (Wildman–Crippen MR) is 81.0 cm³/mol. The Morgan fingerprint density at radius 1 is 1.30 bits per heavy atom. The topological polar surface area (TPSA) is 61.9 Å². The van der Waals surface area contributed by atoms with Crippen LogP contribution in [0.5, 0.6) is 0 Å². The van der Waals surface area contributed by atoms with E-state index in [9.17, 15) is 4.79 Å². The van der Waals surface area contributed by atoms with Crippen LogP contribution < -0.4 is 4.90 Å². The third kappa shape index (κ3) is 3.60. The van der Waals surface area contributed by atoms with E-state index < -0.39 is 0 Å². The lowest BCUT2D eigenvalue weighted by Gasteiger charge is -2.20.